The first-order valence-electron chi connectivity index (χ1n) is 6.77. The van der Waals surface area contributed by atoms with E-state index >= 15 is 0 Å². The molecule has 0 spiro atoms. The van der Waals surface area contributed by atoms with Crippen LogP contribution >= 0.6 is 31.9 Å². The van der Waals surface area contributed by atoms with Gasteiger partial charge in [-0.1, -0.05) is 31.9 Å². The van der Waals surface area contributed by atoms with Crippen molar-refractivity contribution in [1.29, 1.82) is 0 Å². The molecule has 1 aromatic heterocycles. The second kappa shape index (κ2) is 6.97. The van der Waals surface area contributed by atoms with Gasteiger partial charge in [-0.2, -0.15) is 0 Å². The summed E-state index contributed by atoms with van der Waals surface area (Å²) < 4.78 is 2.02. The van der Waals surface area contributed by atoms with Crippen molar-refractivity contribution in [3.63, 3.8) is 0 Å². The second-order valence-corrected chi connectivity index (χ2v) is 6.58. The highest BCUT2D eigenvalue weighted by Gasteiger charge is 2.08. The van der Waals surface area contributed by atoms with Gasteiger partial charge in [0.05, 0.1) is 0 Å². The molecule has 0 radical (unpaired) electrons. The number of aromatic nitrogens is 2. The zero-order valence-corrected chi connectivity index (χ0v) is 15.1. The maximum atomic E-state index is 6.17. The minimum absolute atomic E-state index is 0.457. The summed E-state index contributed by atoms with van der Waals surface area (Å²) in [6.45, 7) is 0. The van der Waals surface area contributed by atoms with E-state index < -0.39 is 0 Å². The molecule has 0 bridgehead atoms. The number of nitrogens with two attached hydrogens (primary N) is 1. The summed E-state index contributed by atoms with van der Waals surface area (Å²) in [4.78, 5) is 8.41. The number of nitrogen functional groups attached to an aromatic ring is 1. The Labute approximate surface area is 150 Å². The normalized spacial score (nSPS) is 10.3. The number of nitrogens with zero attached hydrogens (tertiary/aromatic N) is 2. The zero-order chi connectivity index (χ0) is 16.2. The largest absolute Gasteiger partial charge is 0.393 e. The number of nitrogens with one attached hydrogen (secondary N) is 2. The van der Waals surface area contributed by atoms with E-state index in [2.05, 4.69) is 52.5 Å². The fourth-order valence-corrected chi connectivity index (χ4v) is 2.46. The monoisotopic (exact) mass is 433 g/mol. The van der Waals surface area contributed by atoms with Crippen molar-refractivity contribution in [2.75, 3.05) is 16.4 Å². The molecule has 2 aromatic carbocycles. The number of rotatable bonds is 4. The first-order chi connectivity index (χ1) is 11.1. The molecule has 0 amide bonds. The van der Waals surface area contributed by atoms with Crippen molar-refractivity contribution in [2.45, 2.75) is 0 Å². The summed E-state index contributed by atoms with van der Waals surface area (Å²) in [5, 5.41) is 6.38. The van der Waals surface area contributed by atoms with Crippen LogP contribution in [0.5, 0.6) is 0 Å². The van der Waals surface area contributed by atoms with Gasteiger partial charge in [-0.25, -0.2) is 9.97 Å². The van der Waals surface area contributed by atoms with Crippen molar-refractivity contribution < 1.29 is 0 Å². The molecule has 0 saturated heterocycles. The lowest BCUT2D eigenvalue weighted by atomic mass is 10.3. The van der Waals surface area contributed by atoms with E-state index in [1.54, 1.807) is 0 Å². The fourth-order valence-electron chi connectivity index (χ4n) is 1.93. The molecule has 0 unspecified atom stereocenters. The Morgan fingerprint density at radius 3 is 1.48 bits per heavy atom. The van der Waals surface area contributed by atoms with Gasteiger partial charge in [0, 0.05) is 20.3 Å². The Kier molecular flexibility index (Phi) is 4.78. The van der Waals surface area contributed by atoms with E-state index in [9.17, 15) is 0 Å². The molecule has 1 heterocycles. The van der Waals surface area contributed by atoms with Gasteiger partial charge in [-0.3, -0.25) is 0 Å². The van der Waals surface area contributed by atoms with Gasteiger partial charge >= 0.3 is 0 Å². The highest BCUT2D eigenvalue weighted by Crippen LogP contribution is 2.28. The molecule has 116 valence electrons. The molecule has 4 N–H and O–H groups in total. The maximum absolute atomic E-state index is 6.17. The van der Waals surface area contributed by atoms with Crippen molar-refractivity contribution in [3.05, 3.63) is 63.8 Å². The van der Waals surface area contributed by atoms with E-state index in [1.807, 2.05) is 48.5 Å². The smallest absolute Gasteiger partial charge is 0.159 e. The highest BCUT2D eigenvalue weighted by molar-refractivity contribution is 9.10. The lowest BCUT2D eigenvalue weighted by Gasteiger charge is -2.12. The average Bonchev–Trinajstić information content (AvgIpc) is 2.55. The first-order valence-corrected chi connectivity index (χ1v) is 8.36. The molecule has 0 atom stereocenters. The van der Waals surface area contributed by atoms with Crippen molar-refractivity contribution in [2.24, 2.45) is 0 Å². The van der Waals surface area contributed by atoms with Gasteiger partial charge in [0.25, 0.3) is 0 Å². The van der Waals surface area contributed by atoms with Crippen molar-refractivity contribution >= 4 is 60.6 Å². The van der Waals surface area contributed by atoms with Crippen LogP contribution in [-0.4, -0.2) is 9.97 Å². The van der Waals surface area contributed by atoms with Crippen molar-refractivity contribution in [1.82, 2.24) is 9.97 Å². The first kappa shape index (κ1) is 15.8. The number of benzene rings is 2. The molecule has 0 aliphatic rings. The van der Waals surface area contributed by atoms with Crippen LogP contribution in [0.3, 0.4) is 0 Å². The number of halogens is 2. The molecule has 23 heavy (non-hydrogen) atoms. The van der Waals surface area contributed by atoms with Crippen LogP contribution in [-0.2, 0) is 0 Å². The summed E-state index contributed by atoms with van der Waals surface area (Å²) in [7, 11) is 0. The van der Waals surface area contributed by atoms with Gasteiger partial charge in [0.2, 0.25) is 0 Å². The summed E-state index contributed by atoms with van der Waals surface area (Å²) in [6.07, 6.45) is 1.47. The van der Waals surface area contributed by atoms with Gasteiger partial charge in [0.1, 0.15) is 12.0 Å². The molecule has 3 rings (SSSR count). The Morgan fingerprint density at radius 2 is 1.09 bits per heavy atom. The Bertz CT molecular complexity index is 738. The van der Waals surface area contributed by atoms with Crippen LogP contribution in [0.4, 0.5) is 28.7 Å². The summed E-state index contributed by atoms with van der Waals surface area (Å²) in [5.74, 6) is 1.11. The summed E-state index contributed by atoms with van der Waals surface area (Å²) >= 11 is 6.82. The summed E-state index contributed by atoms with van der Waals surface area (Å²) in [6, 6.07) is 15.5. The standard InChI is InChI=1S/C16H13Br2N5/c17-10-1-5-12(6-2-10)22-15-14(19)16(21-9-20-15)23-13-7-3-11(18)4-8-13/h1-9H,19H2,(H2,20,21,22,23). The molecular weight excluding hydrogens is 422 g/mol. The van der Waals surface area contributed by atoms with Crippen molar-refractivity contribution in [3.8, 4) is 0 Å². The van der Waals surface area contributed by atoms with Gasteiger partial charge < -0.3 is 16.4 Å². The lowest BCUT2D eigenvalue weighted by molar-refractivity contribution is 1.17. The fraction of sp³-hybridized carbons (Fsp3) is 0. The Hall–Kier alpha value is -2.12. The van der Waals surface area contributed by atoms with Crippen LogP contribution in [0.2, 0.25) is 0 Å². The number of anilines is 5. The predicted octanol–water partition coefficient (Wildman–Crippen LogP) is 5.07. The quantitative estimate of drug-likeness (QED) is 0.534. The molecule has 5 nitrogen and oxygen atoms in total. The third-order valence-corrected chi connectivity index (χ3v) is 4.16. The SMILES string of the molecule is Nc1c(Nc2ccc(Br)cc2)ncnc1Nc1ccc(Br)cc1. The molecule has 3 aromatic rings. The lowest BCUT2D eigenvalue weighted by Crippen LogP contribution is -2.05. The minimum Gasteiger partial charge on any atom is -0.393 e. The van der Waals surface area contributed by atoms with Crippen LogP contribution in [0, 0.1) is 0 Å². The Balaban J connectivity index is 1.83. The van der Waals surface area contributed by atoms with E-state index in [-0.39, 0.29) is 0 Å². The van der Waals surface area contributed by atoms with E-state index in [0.29, 0.717) is 17.3 Å². The van der Waals surface area contributed by atoms with Crippen LogP contribution < -0.4 is 16.4 Å². The minimum atomic E-state index is 0.457. The zero-order valence-electron chi connectivity index (χ0n) is 11.9. The number of hydrogen-bond acceptors (Lipinski definition) is 5. The number of hydrogen-bond donors (Lipinski definition) is 3. The van der Waals surface area contributed by atoms with E-state index in [1.165, 1.54) is 6.33 Å². The molecule has 0 saturated carbocycles. The highest BCUT2D eigenvalue weighted by atomic mass is 79.9. The van der Waals surface area contributed by atoms with Crippen LogP contribution in [0.1, 0.15) is 0 Å². The van der Waals surface area contributed by atoms with E-state index in [0.717, 1.165) is 20.3 Å². The third-order valence-electron chi connectivity index (χ3n) is 3.10. The topological polar surface area (TPSA) is 75.9 Å². The molecule has 0 aliphatic heterocycles. The van der Waals surface area contributed by atoms with Gasteiger partial charge in [0.15, 0.2) is 11.6 Å². The molecule has 0 fully saturated rings. The molecular formula is C16H13Br2N5. The maximum Gasteiger partial charge on any atom is 0.159 e. The third kappa shape index (κ3) is 4.00. The molecule has 7 heteroatoms. The van der Waals surface area contributed by atoms with Gasteiger partial charge in [-0.05, 0) is 48.5 Å². The second-order valence-electron chi connectivity index (χ2n) is 4.75. The predicted molar refractivity (Wildman–Crippen MR) is 101 cm³/mol. The molecule has 0 aliphatic carbocycles. The van der Waals surface area contributed by atoms with Gasteiger partial charge in [-0.15, -0.1) is 0 Å². The summed E-state index contributed by atoms with van der Waals surface area (Å²) in [5.41, 5.74) is 8.42. The van der Waals surface area contributed by atoms with Crippen LogP contribution in [0.15, 0.2) is 63.8 Å². The Morgan fingerprint density at radius 1 is 0.696 bits per heavy atom. The van der Waals surface area contributed by atoms with Crippen LogP contribution in [0.25, 0.3) is 0 Å². The average molecular weight is 435 g/mol. The van der Waals surface area contributed by atoms with E-state index in [4.69, 9.17) is 5.73 Å².